The molecule has 7 nitrogen and oxygen atoms in total. The Morgan fingerprint density at radius 1 is 1.56 bits per heavy atom. The van der Waals surface area contributed by atoms with Gasteiger partial charge in [-0.1, -0.05) is 24.7 Å². The van der Waals surface area contributed by atoms with E-state index >= 15 is 0 Å². The number of hydrogen-bond acceptors (Lipinski definition) is 5. The molecule has 0 atom stereocenters. The molecule has 0 aromatic carbocycles. The number of aliphatic hydroxyl groups is 1. The fraction of sp³-hybridized carbons (Fsp3) is 0.700. The molecule has 0 bridgehead atoms. The summed E-state index contributed by atoms with van der Waals surface area (Å²) in [5.74, 6) is -0.160. The molecule has 8 heteroatoms. The third-order valence-electron chi connectivity index (χ3n) is 2.37. The minimum absolute atomic E-state index is 0.0425. The number of hydrogen-bond donors (Lipinski definition) is 1. The first kappa shape index (κ1) is 14.8. The summed E-state index contributed by atoms with van der Waals surface area (Å²) in [6, 6.07) is 2.25. The number of aromatic nitrogens is 2. The van der Waals surface area contributed by atoms with Crippen molar-refractivity contribution in [2.75, 3.05) is 6.61 Å². The molecule has 0 spiro atoms. The van der Waals surface area contributed by atoms with Crippen molar-refractivity contribution in [2.45, 2.75) is 39.0 Å². The van der Waals surface area contributed by atoms with Gasteiger partial charge in [-0.2, -0.15) is 0 Å². The highest BCUT2D eigenvalue weighted by Gasteiger charge is 2.18. The van der Waals surface area contributed by atoms with Crippen LogP contribution in [0, 0.1) is 10.1 Å². The van der Waals surface area contributed by atoms with E-state index in [0.717, 1.165) is 10.7 Å². The molecule has 1 aromatic heterocycles. The van der Waals surface area contributed by atoms with E-state index in [0.29, 0.717) is 6.61 Å². The van der Waals surface area contributed by atoms with E-state index in [1.807, 2.05) is 0 Å². The third-order valence-corrected chi connectivity index (χ3v) is 4.07. The number of nitro groups is 1. The number of aliphatic hydroxyl groups excluding tert-OH is 1. The lowest BCUT2D eigenvalue weighted by Crippen LogP contribution is -2.22. The van der Waals surface area contributed by atoms with Gasteiger partial charge in [-0.3, -0.25) is 0 Å². The summed E-state index contributed by atoms with van der Waals surface area (Å²) in [5, 5.41) is 23.6. The van der Waals surface area contributed by atoms with E-state index in [4.69, 9.17) is 9.84 Å². The van der Waals surface area contributed by atoms with E-state index in [9.17, 15) is 10.1 Å². The molecule has 1 aromatic rings. The maximum Gasteiger partial charge on any atom is 0.347 e. The van der Waals surface area contributed by atoms with Gasteiger partial charge in [0.15, 0.2) is 0 Å². The number of ether oxygens (including phenoxy) is 1. The molecule has 0 aliphatic heterocycles. The Hall–Kier alpha value is -1.25. The molecule has 102 valence electrons. The summed E-state index contributed by atoms with van der Waals surface area (Å²) >= 11 is 0. The van der Waals surface area contributed by atoms with Gasteiger partial charge < -0.3 is 20.0 Å². The van der Waals surface area contributed by atoms with Gasteiger partial charge in [-0.15, -0.1) is 4.68 Å². The van der Waals surface area contributed by atoms with E-state index in [1.165, 1.54) is 6.07 Å². The highest BCUT2D eigenvalue weighted by Crippen LogP contribution is 2.14. The Bertz CT molecular complexity index is 414. The summed E-state index contributed by atoms with van der Waals surface area (Å²) in [6.45, 7) is 6.99. The monoisotopic (exact) mass is 273 g/mol. The summed E-state index contributed by atoms with van der Waals surface area (Å²) in [6.07, 6.45) is 0. The maximum atomic E-state index is 10.8. The van der Waals surface area contributed by atoms with Gasteiger partial charge in [-0.25, -0.2) is 0 Å². The SMILES string of the molecule is C[Si](C)(C)CCOCn1nc(CO)cc1[N+](=O)[O-]. The quantitative estimate of drug-likeness (QED) is 0.352. The second-order valence-corrected chi connectivity index (χ2v) is 10.9. The smallest absolute Gasteiger partial charge is 0.347 e. The van der Waals surface area contributed by atoms with Crippen LogP contribution in [0.1, 0.15) is 5.69 Å². The van der Waals surface area contributed by atoms with E-state index < -0.39 is 13.0 Å². The molecular formula is C10H19N3O4Si. The highest BCUT2D eigenvalue weighted by atomic mass is 28.3. The summed E-state index contributed by atoms with van der Waals surface area (Å²) < 4.78 is 6.56. The topological polar surface area (TPSA) is 90.4 Å². The first-order valence-electron chi connectivity index (χ1n) is 5.73. The molecule has 0 saturated heterocycles. The van der Waals surface area contributed by atoms with Crippen LogP contribution >= 0.6 is 0 Å². The molecular weight excluding hydrogens is 254 g/mol. The fourth-order valence-electron chi connectivity index (χ4n) is 1.31. The van der Waals surface area contributed by atoms with Crippen LogP contribution in [0.2, 0.25) is 25.7 Å². The number of rotatable bonds is 7. The van der Waals surface area contributed by atoms with E-state index in [2.05, 4.69) is 24.7 Å². The van der Waals surface area contributed by atoms with Crippen molar-refractivity contribution in [3.8, 4) is 0 Å². The van der Waals surface area contributed by atoms with Crippen molar-refractivity contribution in [1.82, 2.24) is 9.78 Å². The zero-order valence-corrected chi connectivity index (χ0v) is 11.9. The predicted molar refractivity (Wildman–Crippen MR) is 68.9 cm³/mol. The van der Waals surface area contributed by atoms with Crippen molar-refractivity contribution in [3.05, 3.63) is 21.9 Å². The molecule has 1 heterocycles. The Kier molecular flexibility index (Phi) is 5.00. The van der Waals surface area contributed by atoms with Gasteiger partial charge in [0.2, 0.25) is 6.73 Å². The Morgan fingerprint density at radius 2 is 2.22 bits per heavy atom. The van der Waals surface area contributed by atoms with Crippen LogP contribution in [0.4, 0.5) is 5.82 Å². The van der Waals surface area contributed by atoms with Crippen LogP contribution in [0.15, 0.2) is 6.07 Å². The van der Waals surface area contributed by atoms with Gasteiger partial charge in [0.1, 0.15) is 5.69 Å². The summed E-state index contributed by atoms with van der Waals surface area (Å²) in [4.78, 5) is 10.2. The molecule has 0 fully saturated rings. The molecule has 1 rings (SSSR count). The molecule has 18 heavy (non-hydrogen) atoms. The minimum Gasteiger partial charge on any atom is -0.390 e. The lowest BCUT2D eigenvalue weighted by Gasteiger charge is -2.14. The first-order valence-corrected chi connectivity index (χ1v) is 9.44. The molecule has 0 saturated carbocycles. The second kappa shape index (κ2) is 6.07. The fourth-order valence-corrected chi connectivity index (χ4v) is 2.06. The average molecular weight is 273 g/mol. The van der Waals surface area contributed by atoms with Gasteiger partial charge in [0.05, 0.1) is 12.7 Å². The van der Waals surface area contributed by atoms with Crippen LogP contribution in [0.3, 0.4) is 0 Å². The van der Waals surface area contributed by atoms with Crippen LogP contribution in [0.25, 0.3) is 0 Å². The van der Waals surface area contributed by atoms with Crippen molar-refractivity contribution >= 4 is 13.9 Å². The number of nitrogens with zero attached hydrogens (tertiary/aromatic N) is 3. The van der Waals surface area contributed by atoms with Gasteiger partial charge in [0, 0.05) is 14.7 Å². The Labute approximate surface area is 107 Å². The lowest BCUT2D eigenvalue weighted by atomic mass is 10.4. The van der Waals surface area contributed by atoms with E-state index in [1.54, 1.807) is 0 Å². The van der Waals surface area contributed by atoms with Crippen LogP contribution in [-0.4, -0.2) is 34.5 Å². The normalized spacial score (nSPS) is 11.8. The van der Waals surface area contributed by atoms with Crippen molar-refractivity contribution in [2.24, 2.45) is 0 Å². The molecule has 0 unspecified atom stereocenters. The molecule has 0 radical (unpaired) electrons. The molecule has 1 N–H and O–H groups in total. The summed E-state index contributed by atoms with van der Waals surface area (Å²) in [7, 11) is -1.16. The van der Waals surface area contributed by atoms with Gasteiger partial charge in [-0.05, 0) is 11.0 Å². The molecule has 0 aliphatic rings. The summed E-state index contributed by atoms with van der Waals surface area (Å²) in [5.41, 5.74) is 0.274. The lowest BCUT2D eigenvalue weighted by molar-refractivity contribution is -0.393. The van der Waals surface area contributed by atoms with Crippen LogP contribution in [0.5, 0.6) is 0 Å². The maximum absolute atomic E-state index is 10.8. The highest BCUT2D eigenvalue weighted by molar-refractivity contribution is 6.76. The molecule has 0 amide bonds. The second-order valence-electron chi connectivity index (χ2n) is 5.26. The van der Waals surface area contributed by atoms with Crippen molar-refractivity contribution in [1.29, 1.82) is 0 Å². The zero-order valence-electron chi connectivity index (χ0n) is 10.9. The predicted octanol–water partition coefficient (Wildman–Crippen LogP) is 1.60. The minimum atomic E-state index is -1.16. The third kappa shape index (κ3) is 4.55. The van der Waals surface area contributed by atoms with Crippen LogP contribution < -0.4 is 0 Å². The largest absolute Gasteiger partial charge is 0.390 e. The average Bonchev–Trinajstić information content (AvgIpc) is 2.66. The Morgan fingerprint density at radius 3 is 2.72 bits per heavy atom. The van der Waals surface area contributed by atoms with Crippen LogP contribution in [-0.2, 0) is 18.1 Å². The zero-order chi connectivity index (χ0) is 13.8. The van der Waals surface area contributed by atoms with Crippen molar-refractivity contribution < 1.29 is 14.8 Å². The molecule has 0 aliphatic carbocycles. The van der Waals surface area contributed by atoms with Gasteiger partial charge >= 0.3 is 5.82 Å². The first-order chi connectivity index (χ1) is 8.33. The van der Waals surface area contributed by atoms with Crippen molar-refractivity contribution in [3.63, 3.8) is 0 Å². The standard InChI is InChI=1S/C10H19N3O4Si/c1-18(2,3)5-4-17-8-12-10(13(15)16)6-9(7-14)11-12/h6,14H,4-5,7-8H2,1-3H3. The Balaban J connectivity index is 2.56. The van der Waals surface area contributed by atoms with Gasteiger partial charge in [0.25, 0.3) is 0 Å². The van der Waals surface area contributed by atoms with E-state index in [-0.39, 0.29) is 24.8 Å².